The van der Waals surface area contributed by atoms with Gasteiger partial charge >= 0.3 is 0 Å². The van der Waals surface area contributed by atoms with Gasteiger partial charge in [-0.05, 0) is 47.4 Å². The third-order valence-corrected chi connectivity index (χ3v) is 6.91. The smallest absolute Gasteiger partial charge is 0.221 e. The number of hydrogen-bond acceptors (Lipinski definition) is 9. The lowest BCUT2D eigenvalue weighted by atomic mass is 9.88. The standard InChI is InChI=1S/C30H30N6O3/c1-38-26-17-19(15-21-18-34-30(32)35-29(21)31)16-23(28(26)39-2)25(11-14-37)36-13-10-20-7-3-4-8-22(20)27(36)24-9-5-6-12-33-24/h3-9,11-12,14,16-18,27H,10,13,15H2,1-2H3,(H4,31,32,34,35). The van der Waals surface area contributed by atoms with E-state index in [0.29, 0.717) is 41.5 Å². The van der Waals surface area contributed by atoms with Crippen molar-refractivity contribution >= 4 is 23.7 Å². The van der Waals surface area contributed by atoms with Gasteiger partial charge in [0.25, 0.3) is 0 Å². The Morgan fingerprint density at radius 1 is 1.08 bits per heavy atom. The second-order valence-corrected chi connectivity index (χ2v) is 9.18. The molecular weight excluding hydrogens is 492 g/mol. The predicted octanol–water partition coefficient (Wildman–Crippen LogP) is 3.83. The minimum absolute atomic E-state index is 0.117. The zero-order valence-corrected chi connectivity index (χ0v) is 21.9. The van der Waals surface area contributed by atoms with E-state index in [2.05, 4.69) is 33.1 Å². The molecule has 198 valence electrons. The lowest BCUT2D eigenvalue weighted by Gasteiger charge is -2.40. The van der Waals surface area contributed by atoms with Crippen LogP contribution >= 0.6 is 0 Å². The summed E-state index contributed by atoms with van der Waals surface area (Å²) in [6.07, 6.45) is 7.03. The zero-order valence-electron chi connectivity index (χ0n) is 21.9. The third-order valence-electron chi connectivity index (χ3n) is 6.91. The number of allylic oxidation sites excluding steroid dienone is 1. The fourth-order valence-electron chi connectivity index (χ4n) is 5.19. The highest BCUT2D eigenvalue weighted by atomic mass is 16.5. The molecule has 39 heavy (non-hydrogen) atoms. The third kappa shape index (κ3) is 5.11. The molecule has 4 N–H and O–H groups in total. The minimum atomic E-state index is -0.206. The van der Waals surface area contributed by atoms with Crippen molar-refractivity contribution in [2.45, 2.75) is 18.9 Å². The molecule has 0 saturated heterocycles. The van der Waals surface area contributed by atoms with E-state index in [1.807, 2.05) is 36.4 Å². The minimum Gasteiger partial charge on any atom is -0.493 e. The number of nitrogens with two attached hydrogens (primary N) is 2. The van der Waals surface area contributed by atoms with Crippen molar-refractivity contribution in [1.82, 2.24) is 19.9 Å². The van der Waals surface area contributed by atoms with Gasteiger partial charge in [-0.1, -0.05) is 30.3 Å². The number of anilines is 2. The van der Waals surface area contributed by atoms with Gasteiger partial charge in [0.15, 0.2) is 11.5 Å². The maximum atomic E-state index is 12.1. The molecular formula is C30H30N6O3. The summed E-state index contributed by atoms with van der Waals surface area (Å²) in [5.74, 6) is 1.48. The van der Waals surface area contributed by atoms with Gasteiger partial charge in [0, 0.05) is 42.6 Å². The van der Waals surface area contributed by atoms with Gasteiger partial charge in [0.1, 0.15) is 12.1 Å². The average Bonchev–Trinajstić information content (AvgIpc) is 2.96. The van der Waals surface area contributed by atoms with Crippen LogP contribution in [0.2, 0.25) is 0 Å². The number of aromatic nitrogens is 3. The predicted molar refractivity (Wildman–Crippen MR) is 150 cm³/mol. The summed E-state index contributed by atoms with van der Waals surface area (Å²) in [5, 5.41) is 0. The molecule has 0 saturated carbocycles. The Kier molecular flexibility index (Phi) is 7.40. The number of benzene rings is 2. The van der Waals surface area contributed by atoms with Crippen molar-refractivity contribution in [3.63, 3.8) is 0 Å². The molecule has 1 unspecified atom stereocenters. The molecule has 2 aromatic carbocycles. The lowest BCUT2D eigenvalue weighted by molar-refractivity contribution is -0.104. The Morgan fingerprint density at radius 3 is 2.62 bits per heavy atom. The largest absolute Gasteiger partial charge is 0.493 e. The van der Waals surface area contributed by atoms with Gasteiger partial charge in [0.05, 0.1) is 31.7 Å². The average molecular weight is 523 g/mol. The van der Waals surface area contributed by atoms with Crippen molar-refractivity contribution in [2.75, 3.05) is 32.2 Å². The monoisotopic (exact) mass is 522 g/mol. The van der Waals surface area contributed by atoms with Crippen molar-refractivity contribution in [3.05, 3.63) is 107 Å². The highest BCUT2D eigenvalue weighted by Gasteiger charge is 2.33. The van der Waals surface area contributed by atoms with E-state index < -0.39 is 0 Å². The number of carbonyl (C=O) groups excluding carboxylic acids is 1. The number of nitrogen functional groups attached to an aromatic ring is 2. The molecule has 0 spiro atoms. The van der Waals surface area contributed by atoms with Crippen LogP contribution in [-0.4, -0.2) is 46.9 Å². The molecule has 4 aromatic rings. The summed E-state index contributed by atoms with van der Waals surface area (Å²) in [6.45, 7) is 0.673. The number of ether oxygens (including phenoxy) is 2. The Labute approximate surface area is 227 Å². The second-order valence-electron chi connectivity index (χ2n) is 9.18. The maximum absolute atomic E-state index is 12.1. The molecule has 1 aliphatic rings. The number of nitrogens with zero attached hydrogens (tertiary/aromatic N) is 4. The maximum Gasteiger partial charge on any atom is 0.221 e. The van der Waals surface area contributed by atoms with Crippen molar-refractivity contribution < 1.29 is 14.3 Å². The Bertz CT molecular complexity index is 1520. The van der Waals surface area contributed by atoms with Gasteiger partial charge in [-0.25, -0.2) is 4.98 Å². The first-order valence-corrected chi connectivity index (χ1v) is 12.6. The van der Waals surface area contributed by atoms with Crippen LogP contribution in [0, 0.1) is 0 Å². The van der Waals surface area contributed by atoms with E-state index in [-0.39, 0.29) is 12.0 Å². The van der Waals surface area contributed by atoms with Crippen molar-refractivity contribution in [2.24, 2.45) is 0 Å². The van der Waals surface area contributed by atoms with Gasteiger partial charge in [-0.3, -0.25) is 9.78 Å². The molecule has 0 amide bonds. The van der Waals surface area contributed by atoms with Crippen LogP contribution in [0.3, 0.4) is 0 Å². The van der Waals surface area contributed by atoms with Crippen LogP contribution in [0.15, 0.2) is 73.1 Å². The molecule has 0 aliphatic carbocycles. The van der Waals surface area contributed by atoms with E-state index >= 15 is 0 Å². The van der Waals surface area contributed by atoms with Gasteiger partial charge in [-0.15, -0.1) is 0 Å². The zero-order chi connectivity index (χ0) is 27.4. The number of aldehydes is 1. The molecule has 0 fully saturated rings. The highest BCUT2D eigenvalue weighted by Crippen LogP contribution is 2.44. The first kappa shape index (κ1) is 25.7. The van der Waals surface area contributed by atoms with E-state index in [1.165, 1.54) is 5.56 Å². The second kappa shape index (κ2) is 11.2. The van der Waals surface area contributed by atoms with E-state index in [4.69, 9.17) is 25.9 Å². The molecule has 0 bridgehead atoms. The summed E-state index contributed by atoms with van der Waals surface area (Å²) < 4.78 is 11.6. The molecule has 9 nitrogen and oxygen atoms in total. The van der Waals surface area contributed by atoms with Crippen molar-refractivity contribution in [1.29, 1.82) is 0 Å². The van der Waals surface area contributed by atoms with Crippen LogP contribution in [0.4, 0.5) is 11.8 Å². The molecule has 3 heterocycles. The number of pyridine rings is 1. The molecule has 1 aliphatic heterocycles. The Hall–Kier alpha value is -4.92. The summed E-state index contributed by atoms with van der Waals surface area (Å²) in [6, 6.07) is 17.9. The summed E-state index contributed by atoms with van der Waals surface area (Å²) in [7, 11) is 3.18. The van der Waals surface area contributed by atoms with E-state index in [0.717, 1.165) is 35.1 Å². The Balaban J connectivity index is 1.66. The highest BCUT2D eigenvalue weighted by molar-refractivity contribution is 5.84. The van der Waals surface area contributed by atoms with Crippen LogP contribution < -0.4 is 20.9 Å². The van der Waals surface area contributed by atoms with Crippen LogP contribution in [0.25, 0.3) is 5.70 Å². The topological polar surface area (TPSA) is 129 Å². The lowest BCUT2D eigenvalue weighted by Crippen LogP contribution is -2.35. The summed E-state index contributed by atoms with van der Waals surface area (Å²) >= 11 is 0. The SMILES string of the molecule is COc1cc(Cc2cnc(N)nc2N)cc(C(=CC=O)N2CCc3ccccc3C2c2ccccn2)c1OC. The molecule has 9 heteroatoms. The first-order valence-electron chi connectivity index (χ1n) is 12.6. The summed E-state index contributed by atoms with van der Waals surface area (Å²) in [4.78, 5) is 27.2. The normalized spacial score (nSPS) is 15.0. The van der Waals surface area contributed by atoms with E-state index in [9.17, 15) is 4.79 Å². The van der Waals surface area contributed by atoms with Crippen molar-refractivity contribution in [3.8, 4) is 11.5 Å². The van der Waals surface area contributed by atoms with Crippen LogP contribution in [0.1, 0.15) is 39.6 Å². The van der Waals surface area contributed by atoms with E-state index in [1.54, 1.807) is 32.7 Å². The molecule has 2 aromatic heterocycles. The number of rotatable bonds is 8. The first-order chi connectivity index (χ1) is 19.0. The van der Waals surface area contributed by atoms with Gasteiger partial charge in [-0.2, -0.15) is 4.98 Å². The van der Waals surface area contributed by atoms with Gasteiger partial charge < -0.3 is 25.8 Å². The number of fused-ring (bicyclic) bond motifs is 1. The fourth-order valence-corrected chi connectivity index (χ4v) is 5.19. The quantitative estimate of drug-likeness (QED) is 0.262. The molecule has 5 rings (SSSR count). The molecule has 1 atom stereocenters. The van der Waals surface area contributed by atoms with Crippen LogP contribution in [0.5, 0.6) is 11.5 Å². The molecule has 0 radical (unpaired) electrons. The number of methoxy groups -OCH3 is 2. The Morgan fingerprint density at radius 2 is 1.90 bits per heavy atom. The fraction of sp³-hybridized carbons (Fsp3) is 0.200. The number of carbonyl (C=O) groups is 1. The van der Waals surface area contributed by atoms with Crippen LogP contribution in [-0.2, 0) is 17.6 Å². The summed E-state index contributed by atoms with van der Waals surface area (Å²) in [5.41, 5.74) is 18.1. The van der Waals surface area contributed by atoms with Gasteiger partial charge in [0.2, 0.25) is 5.95 Å². The number of hydrogen-bond donors (Lipinski definition) is 2.